The maximum absolute atomic E-state index is 15.4. The molecule has 3 aromatic heterocycles. The first-order valence-electron chi connectivity index (χ1n) is 11.2. The van der Waals surface area contributed by atoms with Crippen LogP contribution in [0.4, 0.5) is 15.9 Å². The molecule has 2 aliphatic rings. The van der Waals surface area contributed by atoms with Crippen LogP contribution in [0.5, 0.6) is 0 Å². The molecular formula is C26H18FN9. The van der Waals surface area contributed by atoms with E-state index in [2.05, 4.69) is 30.5 Å². The lowest BCUT2D eigenvalue weighted by atomic mass is 9.95. The van der Waals surface area contributed by atoms with Crippen molar-refractivity contribution >= 4 is 28.1 Å². The Morgan fingerprint density at radius 1 is 1.08 bits per heavy atom. The molecule has 1 aliphatic carbocycles. The predicted molar refractivity (Wildman–Crippen MR) is 132 cm³/mol. The van der Waals surface area contributed by atoms with E-state index in [1.54, 1.807) is 29.8 Å². The van der Waals surface area contributed by atoms with Crippen molar-refractivity contribution < 1.29 is 4.39 Å². The number of benzene rings is 1. The van der Waals surface area contributed by atoms with Gasteiger partial charge in [0, 0.05) is 29.7 Å². The van der Waals surface area contributed by atoms with Gasteiger partial charge in [-0.15, -0.1) is 0 Å². The molecule has 0 unspecified atom stereocenters. The van der Waals surface area contributed by atoms with Gasteiger partial charge in [-0.05, 0) is 42.3 Å². The number of hydrazine groups is 1. The quantitative estimate of drug-likeness (QED) is 0.463. The molecule has 0 fully saturated rings. The van der Waals surface area contributed by atoms with E-state index in [9.17, 15) is 5.26 Å². The summed E-state index contributed by atoms with van der Waals surface area (Å²) in [6.07, 6.45) is 8.43. The van der Waals surface area contributed by atoms with E-state index in [0.717, 1.165) is 16.8 Å². The number of nitrogens with two attached hydrogens (primary N) is 1. The third kappa shape index (κ3) is 3.59. The lowest BCUT2D eigenvalue weighted by Gasteiger charge is -2.17. The first-order valence-corrected chi connectivity index (χ1v) is 11.2. The van der Waals surface area contributed by atoms with Crippen LogP contribution in [-0.2, 0) is 6.54 Å². The topological polar surface area (TPSA) is 129 Å². The standard InChI is InChI=1S/C26H18FN9/c27-22-16(13-28)4-3-6-18(22)23-21(15-7-8-19-20(12-15)32-11-10-31-19)24-25(26(29)33-23)35-36(34-24)14-17-5-1-2-9-30-17/h1-5,7-12,34H,6,14H2,(H2,29,33). The number of hydrogen-bond acceptors (Lipinski definition) is 9. The molecule has 4 aromatic rings. The third-order valence-corrected chi connectivity index (χ3v) is 5.97. The zero-order chi connectivity index (χ0) is 24.6. The van der Waals surface area contributed by atoms with Gasteiger partial charge in [-0.3, -0.25) is 20.4 Å². The van der Waals surface area contributed by atoms with Gasteiger partial charge in [-0.2, -0.15) is 10.4 Å². The SMILES string of the molecule is N#CC1=C(F)C(=c2nc(N)c3c(c2-c2ccc4nccnc4c2)NN(Cc2ccccn2)N=3)CC=C1. The van der Waals surface area contributed by atoms with E-state index >= 15 is 4.39 Å². The summed E-state index contributed by atoms with van der Waals surface area (Å²) in [6, 6.07) is 13.1. The Bertz CT molecular complexity index is 1750. The Morgan fingerprint density at radius 2 is 1.94 bits per heavy atom. The Hall–Kier alpha value is -5.17. The molecule has 0 saturated carbocycles. The van der Waals surface area contributed by atoms with Crippen molar-refractivity contribution in [1.82, 2.24) is 25.1 Å². The number of anilines is 2. The maximum atomic E-state index is 15.4. The number of aromatic nitrogens is 4. The van der Waals surface area contributed by atoms with Crippen LogP contribution in [-0.4, -0.2) is 25.1 Å². The molecule has 174 valence electrons. The summed E-state index contributed by atoms with van der Waals surface area (Å²) in [6.45, 7) is 0.374. The molecule has 0 spiro atoms. The largest absolute Gasteiger partial charge is 0.382 e. The van der Waals surface area contributed by atoms with Gasteiger partial charge >= 0.3 is 0 Å². The van der Waals surface area contributed by atoms with Crippen LogP contribution in [0, 0.1) is 11.3 Å². The molecule has 6 rings (SSSR count). The monoisotopic (exact) mass is 475 g/mol. The molecular weight excluding hydrogens is 457 g/mol. The number of halogens is 1. The van der Waals surface area contributed by atoms with E-state index in [1.165, 1.54) is 6.08 Å². The van der Waals surface area contributed by atoms with Crippen LogP contribution in [0.25, 0.3) is 27.7 Å². The number of nitrogens with zero attached hydrogens (tertiary/aromatic N) is 7. The Kier molecular flexibility index (Phi) is 5.08. The van der Waals surface area contributed by atoms with Crippen molar-refractivity contribution in [3.8, 4) is 17.2 Å². The van der Waals surface area contributed by atoms with E-state index in [-0.39, 0.29) is 23.4 Å². The summed E-state index contributed by atoms with van der Waals surface area (Å²) in [5.74, 6) is -0.470. The lowest BCUT2D eigenvalue weighted by Crippen LogP contribution is -2.26. The zero-order valence-electron chi connectivity index (χ0n) is 18.9. The summed E-state index contributed by atoms with van der Waals surface area (Å²) in [4.78, 5) is 17.7. The molecule has 3 N–H and O–H groups in total. The van der Waals surface area contributed by atoms with Gasteiger partial charge in [0.25, 0.3) is 0 Å². The molecule has 1 aliphatic heterocycles. The molecule has 0 bridgehead atoms. The first-order chi connectivity index (χ1) is 17.6. The smallest absolute Gasteiger partial charge is 0.154 e. The van der Waals surface area contributed by atoms with E-state index in [0.29, 0.717) is 34.0 Å². The molecule has 0 radical (unpaired) electrons. The second kappa shape index (κ2) is 8.56. The van der Waals surface area contributed by atoms with Gasteiger partial charge in [0.2, 0.25) is 0 Å². The van der Waals surface area contributed by atoms with Crippen LogP contribution in [0.2, 0.25) is 0 Å². The average molecular weight is 475 g/mol. The summed E-state index contributed by atoms with van der Waals surface area (Å²) in [7, 11) is 0. The molecule has 9 nitrogen and oxygen atoms in total. The number of nitrogens with one attached hydrogen (secondary N) is 1. The Labute approximate surface area is 204 Å². The van der Waals surface area contributed by atoms with Crippen LogP contribution in [0.1, 0.15) is 12.1 Å². The summed E-state index contributed by atoms with van der Waals surface area (Å²) < 4.78 is 15.4. The van der Waals surface area contributed by atoms with Gasteiger partial charge < -0.3 is 5.73 Å². The second-order valence-electron chi connectivity index (χ2n) is 8.22. The minimum atomic E-state index is -0.617. The number of fused-ring (bicyclic) bond motifs is 2. The highest BCUT2D eigenvalue weighted by atomic mass is 19.1. The maximum Gasteiger partial charge on any atom is 0.154 e. The van der Waals surface area contributed by atoms with Gasteiger partial charge in [0.05, 0.1) is 33.3 Å². The fraction of sp³-hybridized carbons (Fsp3) is 0.0769. The van der Waals surface area contributed by atoms with Gasteiger partial charge in [0.1, 0.15) is 18.4 Å². The number of nitrogen functional groups attached to an aromatic ring is 1. The van der Waals surface area contributed by atoms with Crippen molar-refractivity contribution in [2.45, 2.75) is 13.0 Å². The van der Waals surface area contributed by atoms with Crippen molar-refractivity contribution in [2.24, 2.45) is 5.10 Å². The van der Waals surface area contributed by atoms with Crippen molar-refractivity contribution in [3.05, 3.63) is 94.9 Å². The lowest BCUT2D eigenvalue weighted by molar-refractivity contribution is 0.341. The average Bonchev–Trinajstić information content (AvgIpc) is 3.33. The number of pyridine rings is 2. The molecule has 10 heteroatoms. The molecule has 0 atom stereocenters. The van der Waals surface area contributed by atoms with Crippen LogP contribution in [0.3, 0.4) is 0 Å². The van der Waals surface area contributed by atoms with Crippen molar-refractivity contribution in [3.63, 3.8) is 0 Å². The predicted octanol–water partition coefficient (Wildman–Crippen LogP) is 2.90. The van der Waals surface area contributed by atoms with E-state index in [4.69, 9.17) is 5.73 Å². The van der Waals surface area contributed by atoms with Crippen molar-refractivity contribution in [1.29, 1.82) is 5.26 Å². The number of hydrogen-bond donors (Lipinski definition) is 2. The summed E-state index contributed by atoms with van der Waals surface area (Å²) in [5, 5.41) is 16.4. The highest BCUT2D eigenvalue weighted by Gasteiger charge is 2.25. The summed E-state index contributed by atoms with van der Waals surface area (Å²) >= 11 is 0. The highest BCUT2D eigenvalue weighted by molar-refractivity contribution is 5.88. The Morgan fingerprint density at radius 3 is 2.75 bits per heavy atom. The van der Waals surface area contributed by atoms with Gasteiger partial charge in [-0.25, -0.2) is 14.5 Å². The van der Waals surface area contributed by atoms with Crippen LogP contribution < -0.4 is 21.9 Å². The minimum Gasteiger partial charge on any atom is -0.382 e. The first kappa shape index (κ1) is 21.4. The minimum absolute atomic E-state index is 0.0538. The number of nitriles is 1. The molecule has 0 amide bonds. The normalized spacial score (nSPS) is 15.9. The van der Waals surface area contributed by atoms with Crippen LogP contribution >= 0.6 is 0 Å². The number of allylic oxidation sites excluding steroid dienone is 4. The van der Waals surface area contributed by atoms with E-state index < -0.39 is 5.83 Å². The van der Waals surface area contributed by atoms with Gasteiger partial charge in [0.15, 0.2) is 11.2 Å². The van der Waals surface area contributed by atoms with Crippen LogP contribution in [0.15, 0.2) is 83.6 Å². The fourth-order valence-electron chi connectivity index (χ4n) is 4.32. The zero-order valence-corrected chi connectivity index (χ0v) is 18.9. The summed E-state index contributed by atoms with van der Waals surface area (Å²) in [5.41, 5.74) is 14.0. The molecule has 4 heterocycles. The fourth-order valence-corrected chi connectivity index (χ4v) is 4.32. The molecule has 36 heavy (non-hydrogen) atoms. The Balaban J connectivity index is 1.60. The number of rotatable bonds is 3. The van der Waals surface area contributed by atoms with Crippen molar-refractivity contribution in [2.75, 3.05) is 11.2 Å². The molecule has 1 aromatic carbocycles. The third-order valence-electron chi connectivity index (χ3n) is 5.97. The van der Waals surface area contributed by atoms with E-state index in [1.807, 2.05) is 42.5 Å². The van der Waals surface area contributed by atoms with Gasteiger partial charge in [-0.1, -0.05) is 18.2 Å². The highest BCUT2D eigenvalue weighted by Crippen LogP contribution is 2.31. The second-order valence-corrected chi connectivity index (χ2v) is 8.22. The molecule has 0 saturated heterocycles.